The average molecular weight is 226 g/mol. The van der Waals surface area contributed by atoms with Crippen LogP contribution >= 0.6 is 0 Å². The lowest BCUT2D eigenvalue weighted by Gasteiger charge is -2.04. The highest BCUT2D eigenvalue weighted by molar-refractivity contribution is 6.08. The number of fused-ring (bicyclic) bond motifs is 3. The molecule has 0 bridgehead atoms. The molecular formula is C13H7FN2O. The van der Waals surface area contributed by atoms with Gasteiger partial charge in [-0.1, -0.05) is 0 Å². The molecule has 2 heterocycles. The van der Waals surface area contributed by atoms with Crippen LogP contribution in [0.2, 0.25) is 0 Å². The maximum Gasteiger partial charge on any atom is 0.169 e. The normalized spacial score (nSPS) is 10.9. The van der Waals surface area contributed by atoms with E-state index in [1.54, 1.807) is 24.4 Å². The Hall–Kier alpha value is -2.36. The Morgan fingerprint density at radius 3 is 2.88 bits per heavy atom. The van der Waals surface area contributed by atoms with Crippen LogP contribution in [0.25, 0.3) is 21.8 Å². The van der Waals surface area contributed by atoms with E-state index in [1.165, 1.54) is 12.1 Å². The maximum atomic E-state index is 13.2. The SMILES string of the molecule is O=Cc1nc2ccc(F)cc2c2ncccc12. The minimum atomic E-state index is -0.342. The van der Waals surface area contributed by atoms with Gasteiger partial charge in [-0.2, -0.15) is 0 Å². The van der Waals surface area contributed by atoms with Gasteiger partial charge in [0.05, 0.1) is 11.0 Å². The molecule has 0 N–H and O–H groups in total. The second kappa shape index (κ2) is 3.59. The summed E-state index contributed by atoms with van der Waals surface area (Å²) in [6.45, 7) is 0. The van der Waals surface area contributed by atoms with Crippen molar-refractivity contribution in [3.63, 3.8) is 0 Å². The van der Waals surface area contributed by atoms with Crippen LogP contribution in [0, 0.1) is 5.82 Å². The van der Waals surface area contributed by atoms with E-state index < -0.39 is 0 Å². The third kappa shape index (κ3) is 1.45. The molecule has 0 fully saturated rings. The number of pyridine rings is 2. The Balaban J connectivity index is 2.60. The lowest BCUT2D eigenvalue weighted by Crippen LogP contribution is -1.93. The first-order valence-corrected chi connectivity index (χ1v) is 5.09. The molecule has 0 amide bonds. The molecule has 1 aromatic carbocycles. The summed E-state index contributed by atoms with van der Waals surface area (Å²) in [4.78, 5) is 19.3. The van der Waals surface area contributed by atoms with Crippen molar-refractivity contribution in [1.82, 2.24) is 9.97 Å². The van der Waals surface area contributed by atoms with E-state index in [9.17, 15) is 9.18 Å². The summed E-state index contributed by atoms with van der Waals surface area (Å²) in [5, 5.41) is 1.26. The van der Waals surface area contributed by atoms with Crippen LogP contribution in [0.1, 0.15) is 10.5 Å². The van der Waals surface area contributed by atoms with E-state index >= 15 is 0 Å². The first kappa shape index (κ1) is 9.84. The van der Waals surface area contributed by atoms with Gasteiger partial charge in [0.2, 0.25) is 0 Å². The van der Waals surface area contributed by atoms with Crippen LogP contribution in [-0.4, -0.2) is 16.3 Å². The average Bonchev–Trinajstić information content (AvgIpc) is 2.38. The van der Waals surface area contributed by atoms with Crippen molar-refractivity contribution in [2.75, 3.05) is 0 Å². The molecule has 4 heteroatoms. The fourth-order valence-electron chi connectivity index (χ4n) is 1.90. The zero-order chi connectivity index (χ0) is 11.8. The molecule has 0 saturated carbocycles. The number of halogens is 1. The number of carbonyl (C=O) groups is 1. The van der Waals surface area contributed by atoms with E-state index in [1.807, 2.05) is 0 Å². The summed E-state index contributed by atoms with van der Waals surface area (Å²) in [6.07, 6.45) is 2.30. The maximum absolute atomic E-state index is 13.2. The first-order chi connectivity index (χ1) is 8.29. The summed E-state index contributed by atoms with van der Waals surface area (Å²) < 4.78 is 13.2. The molecule has 0 aliphatic carbocycles. The molecular weight excluding hydrogens is 219 g/mol. The molecule has 3 aromatic rings. The van der Waals surface area contributed by atoms with Crippen molar-refractivity contribution >= 4 is 28.1 Å². The van der Waals surface area contributed by atoms with Gasteiger partial charge in [0.1, 0.15) is 11.5 Å². The molecule has 3 nitrogen and oxygen atoms in total. The zero-order valence-electron chi connectivity index (χ0n) is 8.72. The lowest BCUT2D eigenvalue weighted by atomic mass is 10.1. The number of aldehydes is 1. The number of hydrogen-bond acceptors (Lipinski definition) is 3. The predicted octanol–water partition coefficient (Wildman–Crippen LogP) is 2.73. The van der Waals surface area contributed by atoms with Crippen molar-refractivity contribution in [1.29, 1.82) is 0 Å². The van der Waals surface area contributed by atoms with Crippen molar-refractivity contribution in [2.45, 2.75) is 0 Å². The molecule has 0 aliphatic heterocycles. The molecule has 0 radical (unpaired) electrons. The number of benzene rings is 1. The van der Waals surface area contributed by atoms with Crippen LogP contribution in [0.3, 0.4) is 0 Å². The minimum absolute atomic E-state index is 0.326. The fourth-order valence-corrected chi connectivity index (χ4v) is 1.90. The van der Waals surface area contributed by atoms with Gasteiger partial charge in [0.15, 0.2) is 6.29 Å². The second-order valence-corrected chi connectivity index (χ2v) is 3.68. The van der Waals surface area contributed by atoms with Crippen LogP contribution < -0.4 is 0 Å². The van der Waals surface area contributed by atoms with Crippen LogP contribution in [-0.2, 0) is 0 Å². The summed E-state index contributed by atoms with van der Waals surface area (Å²) in [5.41, 5.74) is 1.49. The highest BCUT2D eigenvalue weighted by Gasteiger charge is 2.08. The van der Waals surface area contributed by atoms with Crippen LogP contribution in [0.4, 0.5) is 4.39 Å². The fraction of sp³-hybridized carbons (Fsp3) is 0. The molecule has 0 aliphatic rings. The third-order valence-corrected chi connectivity index (χ3v) is 2.65. The highest BCUT2D eigenvalue weighted by atomic mass is 19.1. The van der Waals surface area contributed by atoms with Gasteiger partial charge in [0.25, 0.3) is 0 Å². The molecule has 3 rings (SSSR count). The van der Waals surface area contributed by atoms with Crippen LogP contribution in [0.5, 0.6) is 0 Å². The van der Waals surface area contributed by atoms with Crippen LogP contribution in [0.15, 0.2) is 36.5 Å². The standard InChI is InChI=1S/C13H7FN2O/c14-8-3-4-11-10(6-8)13-9(2-1-5-15-13)12(7-17)16-11/h1-7H. The monoisotopic (exact) mass is 226 g/mol. The second-order valence-electron chi connectivity index (χ2n) is 3.68. The van der Waals surface area contributed by atoms with Crippen molar-refractivity contribution < 1.29 is 9.18 Å². The molecule has 0 spiro atoms. The number of aromatic nitrogens is 2. The summed E-state index contributed by atoms with van der Waals surface area (Å²) in [6, 6.07) is 7.72. The van der Waals surface area contributed by atoms with E-state index in [0.29, 0.717) is 33.8 Å². The van der Waals surface area contributed by atoms with Crippen molar-refractivity contribution in [2.24, 2.45) is 0 Å². The Kier molecular flexibility index (Phi) is 2.08. The van der Waals surface area contributed by atoms with E-state index in [-0.39, 0.29) is 5.82 Å². The van der Waals surface area contributed by atoms with Gasteiger partial charge < -0.3 is 0 Å². The van der Waals surface area contributed by atoms with Gasteiger partial charge in [-0.05, 0) is 30.3 Å². The predicted molar refractivity (Wildman–Crippen MR) is 62.4 cm³/mol. The molecule has 0 unspecified atom stereocenters. The molecule has 17 heavy (non-hydrogen) atoms. The molecule has 0 saturated heterocycles. The Morgan fingerprint density at radius 1 is 1.18 bits per heavy atom. The molecule has 82 valence electrons. The number of hydrogen-bond donors (Lipinski definition) is 0. The van der Waals surface area contributed by atoms with E-state index in [4.69, 9.17) is 0 Å². The first-order valence-electron chi connectivity index (χ1n) is 5.09. The largest absolute Gasteiger partial charge is 0.296 e. The number of nitrogens with zero attached hydrogens (tertiary/aromatic N) is 2. The van der Waals surface area contributed by atoms with Crippen molar-refractivity contribution in [3.05, 3.63) is 48.0 Å². The summed E-state index contributed by atoms with van der Waals surface area (Å²) in [7, 11) is 0. The van der Waals surface area contributed by atoms with E-state index in [2.05, 4.69) is 9.97 Å². The molecule has 2 aromatic heterocycles. The lowest BCUT2D eigenvalue weighted by molar-refractivity contribution is 0.112. The topological polar surface area (TPSA) is 42.9 Å². The Labute approximate surface area is 95.9 Å². The molecule has 0 atom stereocenters. The Bertz CT molecular complexity index is 740. The number of carbonyl (C=O) groups excluding carboxylic acids is 1. The third-order valence-electron chi connectivity index (χ3n) is 2.65. The van der Waals surface area contributed by atoms with Gasteiger partial charge >= 0.3 is 0 Å². The minimum Gasteiger partial charge on any atom is -0.296 e. The smallest absolute Gasteiger partial charge is 0.169 e. The van der Waals surface area contributed by atoms with Gasteiger partial charge in [-0.25, -0.2) is 9.37 Å². The van der Waals surface area contributed by atoms with Crippen molar-refractivity contribution in [3.8, 4) is 0 Å². The van der Waals surface area contributed by atoms with Gasteiger partial charge in [-0.3, -0.25) is 9.78 Å². The van der Waals surface area contributed by atoms with Gasteiger partial charge in [-0.15, -0.1) is 0 Å². The number of rotatable bonds is 1. The Morgan fingerprint density at radius 2 is 2.06 bits per heavy atom. The quantitative estimate of drug-likeness (QED) is 0.473. The summed E-state index contributed by atoms with van der Waals surface area (Å²) >= 11 is 0. The highest BCUT2D eigenvalue weighted by Crippen LogP contribution is 2.24. The van der Waals surface area contributed by atoms with Gasteiger partial charge in [0, 0.05) is 17.0 Å². The zero-order valence-corrected chi connectivity index (χ0v) is 8.72. The van der Waals surface area contributed by atoms with E-state index in [0.717, 1.165) is 0 Å². The summed E-state index contributed by atoms with van der Waals surface area (Å²) in [5.74, 6) is -0.342.